The smallest absolute Gasteiger partial charge is 0.227 e. The van der Waals surface area contributed by atoms with E-state index >= 15 is 0 Å². The Hall–Kier alpha value is -2.87. The van der Waals surface area contributed by atoms with Crippen molar-refractivity contribution in [3.63, 3.8) is 0 Å². The summed E-state index contributed by atoms with van der Waals surface area (Å²) in [5, 5.41) is 10.3. The average molecular weight is 484 g/mol. The Kier molecular flexibility index (Phi) is 5.29. The fraction of sp³-hybridized carbons (Fsp3) is 0.0909. The lowest BCUT2D eigenvalue weighted by Crippen LogP contribution is -1.93. The molecular weight excluding hydrogens is 467 g/mol. The van der Waals surface area contributed by atoms with Crippen molar-refractivity contribution < 1.29 is 14.3 Å². The van der Waals surface area contributed by atoms with E-state index in [4.69, 9.17) is 9.15 Å². The van der Waals surface area contributed by atoms with E-state index in [0.29, 0.717) is 29.4 Å². The van der Waals surface area contributed by atoms with Gasteiger partial charge in [0.2, 0.25) is 5.89 Å². The zero-order valence-corrected chi connectivity index (χ0v) is 17.3. The molecule has 0 unspecified atom stereocenters. The van der Waals surface area contributed by atoms with E-state index in [-0.39, 0.29) is 5.75 Å². The van der Waals surface area contributed by atoms with Crippen LogP contribution in [-0.4, -0.2) is 22.9 Å². The second-order valence-electron chi connectivity index (χ2n) is 6.07. The van der Waals surface area contributed by atoms with Crippen LogP contribution in [0.1, 0.15) is 12.5 Å². The standard InChI is InChI=1S/C22H17IN2O3/c1-2-27-20-8-4-6-15(21(20)26)13-24-17-9-10-19-18(12-17)25-22(28-19)14-5-3-7-16(23)11-14/h3-13,26H,2H2,1H3. The van der Waals surface area contributed by atoms with Crippen molar-refractivity contribution in [3.8, 4) is 23.0 Å². The first-order chi connectivity index (χ1) is 13.6. The third-order valence-electron chi connectivity index (χ3n) is 4.13. The van der Waals surface area contributed by atoms with Crippen molar-refractivity contribution in [2.24, 2.45) is 4.99 Å². The monoisotopic (exact) mass is 484 g/mol. The number of benzene rings is 3. The number of aliphatic imine (C=N–C) groups is 1. The van der Waals surface area contributed by atoms with Gasteiger partial charge in [-0.2, -0.15) is 0 Å². The maximum absolute atomic E-state index is 10.3. The zero-order valence-electron chi connectivity index (χ0n) is 15.1. The number of hydrogen-bond acceptors (Lipinski definition) is 5. The number of fused-ring (bicyclic) bond motifs is 1. The van der Waals surface area contributed by atoms with Crippen LogP contribution in [0.25, 0.3) is 22.6 Å². The van der Waals surface area contributed by atoms with Crippen LogP contribution in [0.3, 0.4) is 0 Å². The molecule has 1 N–H and O–H groups in total. The number of oxazole rings is 1. The molecule has 0 aliphatic heterocycles. The maximum Gasteiger partial charge on any atom is 0.227 e. The number of aromatic hydroxyl groups is 1. The first kappa shape index (κ1) is 18.5. The van der Waals surface area contributed by atoms with Gasteiger partial charge in [-0.1, -0.05) is 12.1 Å². The van der Waals surface area contributed by atoms with Crippen molar-refractivity contribution in [2.75, 3.05) is 6.61 Å². The molecule has 0 aliphatic carbocycles. The molecule has 0 spiro atoms. The SMILES string of the molecule is CCOc1cccc(C=Nc2ccc3oc(-c4cccc(I)c4)nc3c2)c1O. The number of para-hydroxylation sites is 1. The van der Waals surface area contributed by atoms with E-state index in [9.17, 15) is 5.11 Å². The summed E-state index contributed by atoms with van der Waals surface area (Å²) in [6, 6.07) is 18.9. The van der Waals surface area contributed by atoms with Gasteiger partial charge in [-0.05, 0) is 78.0 Å². The number of nitrogens with zero attached hydrogens (tertiary/aromatic N) is 2. The van der Waals surface area contributed by atoms with Crippen LogP contribution >= 0.6 is 22.6 Å². The lowest BCUT2D eigenvalue weighted by atomic mass is 10.2. The van der Waals surface area contributed by atoms with Crippen LogP contribution in [0, 0.1) is 3.57 Å². The topological polar surface area (TPSA) is 67.9 Å². The minimum atomic E-state index is 0.0802. The molecule has 0 bridgehead atoms. The van der Waals surface area contributed by atoms with Gasteiger partial charge in [0.05, 0.1) is 12.3 Å². The van der Waals surface area contributed by atoms with Gasteiger partial charge in [-0.25, -0.2) is 4.98 Å². The molecular formula is C22H17IN2O3. The van der Waals surface area contributed by atoms with E-state index in [1.807, 2.05) is 55.5 Å². The number of hydrogen-bond donors (Lipinski definition) is 1. The number of phenolic OH excluding ortho intramolecular Hbond substituents is 1. The molecule has 0 fully saturated rings. The van der Waals surface area contributed by atoms with Crippen LogP contribution in [0.5, 0.6) is 11.5 Å². The van der Waals surface area contributed by atoms with Gasteiger partial charge in [-0.3, -0.25) is 4.99 Å². The summed E-state index contributed by atoms with van der Waals surface area (Å²) in [5.74, 6) is 1.11. The fourth-order valence-electron chi connectivity index (χ4n) is 2.80. The lowest BCUT2D eigenvalue weighted by Gasteiger charge is -2.07. The van der Waals surface area contributed by atoms with Crippen LogP contribution in [-0.2, 0) is 0 Å². The summed E-state index contributed by atoms with van der Waals surface area (Å²) in [6.07, 6.45) is 1.61. The minimum absolute atomic E-state index is 0.0802. The molecule has 0 amide bonds. The molecule has 6 heteroatoms. The molecule has 0 saturated carbocycles. The average Bonchev–Trinajstić information content (AvgIpc) is 3.12. The van der Waals surface area contributed by atoms with Gasteiger partial charge < -0.3 is 14.3 Å². The van der Waals surface area contributed by atoms with Crippen molar-refractivity contribution in [1.82, 2.24) is 4.98 Å². The first-order valence-electron chi connectivity index (χ1n) is 8.79. The molecule has 1 aromatic heterocycles. The van der Waals surface area contributed by atoms with Gasteiger partial charge in [-0.15, -0.1) is 0 Å². The number of ether oxygens (including phenoxy) is 1. The number of phenols is 1. The number of aromatic nitrogens is 1. The summed E-state index contributed by atoms with van der Waals surface area (Å²) in [7, 11) is 0. The molecule has 5 nitrogen and oxygen atoms in total. The van der Waals surface area contributed by atoms with E-state index in [0.717, 1.165) is 20.3 Å². The Morgan fingerprint density at radius 1 is 1.14 bits per heavy atom. The quantitative estimate of drug-likeness (QED) is 0.281. The van der Waals surface area contributed by atoms with Crippen molar-refractivity contribution in [3.05, 3.63) is 69.8 Å². The third kappa shape index (κ3) is 3.87. The third-order valence-corrected chi connectivity index (χ3v) is 4.80. The van der Waals surface area contributed by atoms with Crippen molar-refractivity contribution >= 4 is 45.6 Å². The first-order valence-corrected chi connectivity index (χ1v) is 9.87. The minimum Gasteiger partial charge on any atom is -0.504 e. The van der Waals surface area contributed by atoms with E-state index in [1.165, 1.54) is 0 Å². The highest BCUT2D eigenvalue weighted by Gasteiger charge is 2.09. The second-order valence-corrected chi connectivity index (χ2v) is 7.31. The van der Waals surface area contributed by atoms with Crippen LogP contribution in [0.2, 0.25) is 0 Å². The van der Waals surface area contributed by atoms with Crippen molar-refractivity contribution in [2.45, 2.75) is 6.92 Å². The maximum atomic E-state index is 10.3. The molecule has 4 aromatic rings. The number of halogens is 1. The van der Waals surface area contributed by atoms with Gasteiger partial charge >= 0.3 is 0 Å². The molecule has 1 heterocycles. The Balaban J connectivity index is 1.63. The molecule has 3 aromatic carbocycles. The largest absolute Gasteiger partial charge is 0.504 e. The Morgan fingerprint density at radius 2 is 2.00 bits per heavy atom. The Morgan fingerprint density at radius 3 is 2.82 bits per heavy atom. The molecule has 0 atom stereocenters. The number of rotatable bonds is 5. The van der Waals surface area contributed by atoms with Crippen LogP contribution in [0.15, 0.2) is 70.1 Å². The molecule has 0 saturated heterocycles. The summed E-state index contributed by atoms with van der Waals surface area (Å²) in [4.78, 5) is 9.04. The van der Waals surface area contributed by atoms with Gasteiger partial charge in [0, 0.05) is 20.9 Å². The van der Waals surface area contributed by atoms with Crippen LogP contribution < -0.4 is 4.74 Å². The second kappa shape index (κ2) is 8.02. The normalized spacial score (nSPS) is 11.4. The van der Waals surface area contributed by atoms with Gasteiger partial charge in [0.25, 0.3) is 0 Å². The predicted octanol–water partition coefficient (Wildman–Crippen LogP) is 5.95. The zero-order chi connectivity index (χ0) is 19.5. The van der Waals surface area contributed by atoms with Crippen LogP contribution in [0.4, 0.5) is 5.69 Å². The molecule has 4 rings (SSSR count). The summed E-state index contributed by atoms with van der Waals surface area (Å²) in [6.45, 7) is 2.36. The highest BCUT2D eigenvalue weighted by atomic mass is 127. The Bertz CT molecular complexity index is 1170. The lowest BCUT2D eigenvalue weighted by molar-refractivity contribution is 0.318. The summed E-state index contributed by atoms with van der Waals surface area (Å²) < 4.78 is 12.4. The highest BCUT2D eigenvalue weighted by molar-refractivity contribution is 14.1. The van der Waals surface area contributed by atoms with E-state index in [2.05, 4.69) is 32.6 Å². The molecule has 140 valence electrons. The Labute approximate surface area is 175 Å². The highest BCUT2D eigenvalue weighted by Crippen LogP contribution is 2.30. The van der Waals surface area contributed by atoms with E-state index < -0.39 is 0 Å². The molecule has 28 heavy (non-hydrogen) atoms. The van der Waals surface area contributed by atoms with Crippen molar-refractivity contribution in [1.29, 1.82) is 0 Å². The van der Waals surface area contributed by atoms with E-state index in [1.54, 1.807) is 18.3 Å². The molecule has 0 radical (unpaired) electrons. The predicted molar refractivity (Wildman–Crippen MR) is 119 cm³/mol. The van der Waals surface area contributed by atoms with Gasteiger partial charge in [0.1, 0.15) is 5.52 Å². The summed E-state index contributed by atoms with van der Waals surface area (Å²) in [5.41, 5.74) is 3.68. The van der Waals surface area contributed by atoms with Gasteiger partial charge in [0.15, 0.2) is 17.1 Å². The fourth-order valence-corrected chi connectivity index (χ4v) is 3.34. The molecule has 0 aliphatic rings. The summed E-state index contributed by atoms with van der Waals surface area (Å²) >= 11 is 2.26.